The molecule has 0 radical (unpaired) electrons. The van der Waals surface area contributed by atoms with Crippen LogP contribution in [-0.4, -0.2) is 46.2 Å². The van der Waals surface area contributed by atoms with Crippen LogP contribution >= 0.6 is 11.3 Å². The number of hydrogen-bond donors (Lipinski definition) is 2. The average molecular weight is 391 g/mol. The normalized spacial score (nSPS) is 16.4. The molecule has 1 atom stereocenters. The fourth-order valence-corrected chi connectivity index (χ4v) is 3.68. The summed E-state index contributed by atoms with van der Waals surface area (Å²) >= 11 is 1.21. The van der Waals surface area contributed by atoms with E-state index >= 15 is 0 Å². The topological polar surface area (TPSA) is 87.2 Å². The summed E-state index contributed by atoms with van der Waals surface area (Å²) in [5, 5.41) is 14.6. The van der Waals surface area contributed by atoms with Crippen molar-refractivity contribution in [1.82, 2.24) is 20.4 Å². The van der Waals surface area contributed by atoms with Crippen molar-refractivity contribution in [3.63, 3.8) is 0 Å². The molecule has 7 nitrogen and oxygen atoms in total. The summed E-state index contributed by atoms with van der Waals surface area (Å²) in [6.07, 6.45) is 3.32. The molecular weight excluding hydrogens is 369 g/mol. The van der Waals surface area contributed by atoms with E-state index in [1.165, 1.54) is 23.5 Å². The predicted octanol–water partition coefficient (Wildman–Crippen LogP) is 3.26. The number of unbranched alkanes of at least 4 members (excludes halogenated alkanes) is 1. The molecule has 0 aliphatic carbocycles. The number of carbonyl (C=O) groups is 2. The highest BCUT2D eigenvalue weighted by atomic mass is 32.1. The third-order valence-corrected chi connectivity index (χ3v) is 5.26. The number of halogens is 1. The maximum Gasteiger partial charge on any atom is 0.318 e. The quantitative estimate of drug-likeness (QED) is 0.740. The first-order valence-electron chi connectivity index (χ1n) is 9.03. The molecule has 3 amide bonds. The van der Waals surface area contributed by atoms with Gasteiger partial charge in [-0.2, -0.15) is 0 Å². The van der Waals surface area contributed by atoms with E-state index in [2.05, 4.69) is 27.8 Å². The SMILES string of the molecule is CCCCNC(=O)N1CCCC1C(=O)Nc1nnc(-c2ccc(F)cc2)s1. The molecule has 1 aliphatic rings. The van der Waals surface area contributed by atoms with Crippen LogP contribution in [0.2, 0.25) is 0 Å². The van der Waals surface area contributed by atoms with Gasteiger partial charge in [0.05, 0.1) is 0 Å². The van der Waals surface area contributed by atoms with E-state index < -0.39 is 6.04 Å². The van der Waals surface area contributed by atoms with Gasteiger partial charge in [-0.05, 0) is 43.5 Å². The second-order valence-corrected chi connectivity index (χ2v) is 7.32. The fraction of sp³-hybridized carbons (Fsp3) is 0.444. The van der Waals surface area contributed by atoms with Crippen LogP contribution < -0.4 is 10.6 Å². The zero-order valence-corrected chi connectivity index (χ0v) is 15.9. The molecule has 0 bridgehead atoms. The Morgan fingerprint density at radius 2 is 2.07 bits per heavy atom. The number of urea groups is 1. The minimum Gasteiger partial charge on any atom is -0.338 e. The molecule has 9 heteroatoms. The third-order valence-electron chi connectivity index (χ3n) is 4.37. The number of hydrogen-bond acceptors (Lipinski definition) is 5. The van der Waals surface area contributed by atoms with E-state index in [0.29, 0.717) is 29.6 Å². The van der Waals surface area contributed by atoms with Crippen LogP contribution in [0, 0.1) is 5.82 Å². The van der Waals surface area contributed by atoms with Crippen LogP contribution in [0.1, 0.15) is 32.6 Å². The van der Waals surface area contributed by atoms with Gasteiger partial charge in [-0.1, -0.05) is 24.7 Å². The minimum atomic E-state index is -0.509. The van der Waals surface area contributed by atoms with Gasteiger partial charge in [-0.15, -0.1) is 10.2 Å². The molecular formula is C18H22FN5O2S. The lowest BCUT2D eigenvalue weighted by Crippen LogP contribution is -2.47. The first-order chi connectivity index (χ1) is 13.1. The lowest BCUT2D eigenvalue weighted by Gasteiger charge is -2.23. The highest BCUT2D eigenvalue weighted by Crippen LogP contribution is 2.27. The molecule has 1 unspecified atom stereocenters. The van der Waals surface area contributed by atoms with Crippen molar-refractivity contribution in [2.75, 3.05) is 18.4 Å². The van der Waals surface area contributed by atoms with E-state index in [4.69, 9.17) is 0 Å². The van der Waals surface area contributed by atoms with E-state index in [-0.39, 0.29) is 17.8 Å². The summed E-state index contributed by atoms with van der Waals surface area (Å²) in [5.74, 6) is -0.588. The van der Waals surface area contributed by atoms with Crippen LogP contribution in [0.3, 0.4) is 0 Å². The average Bonchev–Trinajstić information content (AvgIpc) is 3.32. The van der Waals surface area contributed by atoms with Crippen molar-refractivity contribution < 1.29 is 14.0 Å². The standard InChI is InChI=1S/C18H22FN5O2S/c1-2-3-10-20-18(26)24-11-4-5-14(24)15(25)21-17-23-22-16(27-17)12-6-8-13(19)9-7-12/h6-9,14H,2-5,10-11H2,1H3,(H,20,26)(H,21,23,25). The monoisotopic (exact) mass is 391 g/mol. The first kappa shape index (κ1) is 19.2. The van der Waals surface area contributed by atoms with Crippen molar-refractivity contribution in [2.45, 2.75) is 38.6 Å². The minimum absolute atomic E-state index is 0.203. The fourth-order valence-electron chi connectivity index (χ4n) is 2.93. The zero-order valence-electron chi connectivity index (χ0n) is 15.1. The van der Waals surface area contributed by atoms with Crippen molar-refractivity contribution in [1.29, 1.82) is 0 Å². The number of likely N-dealkylation sites (tertiary alicyclic amines) is 1. The molecule has 2 aromatic rings. The molecule has 2 N–H and O–H groups in total. The van der Waals surface area contributed by atoms with Gasteiger partial charge in [-0.3, -0.25) is 10.1 Å². The van der Waals surface area contributed by atoms with Crippen LogP contribution in [-0.2, 0) is 4.79 Å². The number of carbonyl (C=O) groups excluding carboxylic acids is 2. The molecule has 1 aliphatic heterocycles. The highest BCUT2D eigenvalue weighted by molar-refractivity contribution is 7.18. The maximum absolute atomic E-state index is 13.0. The number of amides is 3. The molecule has 0 spiro atoms. The molecule has 1 fully saturated rings. The van der Waals surface area contributed by atoms with Crippen LogP contribution in [0.25, 0.3) is 10.6 Å². The molecule has 1 aromatic heterocycles. The summed E-state index contributed by atoms with van der Waals surface area (Å²) in [4.78, 5) is 26.5. The van der Waals surface area contributed by atoms with Crippen LogP contribution in [0.15, 0.2) is 24.3 Å². The van der Waals surface area contributed by atoms with E-state index in [1.54, 1.807) is 17.0 Å². The second-order valence-electron chi connectivity index (χ2n) is 6.35. The van der Waals surface area contributed by atoms with Crippen molar-refractivity contribution in [3.05, 3.63) is 30.1 Å². The van der Waals surface area contributed by atoms with E-state index in [0.717, 1.165) is 24.8 Å². The van der Waals surface area contributed by atoms with Gasteiger partial charge >= 0.3 is 6.03 Å². The van der Waals surface area contributed by atoms with Gasteiger partial charge in [0.25, 0.3) is 0 Å². The van der Waals surface area contributed by atoms with Gasteiger partial charge in [0, 0.05) is 18.7 Å². The Morgan fingerprint density at radius 3 is 2.81 bits per heavy atom. The lowest BCUT2D eigenvalue weighted by atomic mass is 10.2. The highest BCUT2D eigenvalue weighted by Gasteiger charge is 2.34. The Bertz CT molecular complexity index is 795. The smallest absolute Gasteiger partial charge is 0.318 e. The Labute approximate surface area is 161 Å². The number of nitrogens with one attached hydrogen (secondary N) is 2. The Balaban J connectivity index is 1.61. The number of benzene rings is 1. The van der Waals surface area contributed by atoms with Gasteiger partial charge in [0.2, 0.25) is 11.0 Å². The number of aromatic nitrogens is 2. The summed E-state index contributed by atoms with van der Waals surface area (Å²) in [5.41, 5.74) is 0.729. The summed E-state index contributed by atoms with van der Waals surface area (Å²) < 4.78 is 13.0. The van der Waals surface area contributed by atoms with Gasteiger partial charge in [0.15, 0.2) is 0 Å². The second kappa shape index (κ2) is 8.90. The van der Waals surface area contributed by atoms with Gasteiger partial charge in [-0.25, -0.2) is 9.18 Å². The number of nitrogens with zero attached hydrogens (tertiary/aromatic N) is 3. The van der Waals surface area contributed by atoms with Crippen LogP contribution in [0.4, 0.5) is 14.3 Å². The van der Waals surface area contributed by atoms with Crippen molar-refractivity contribution in [2.24, 2.45) is 0 Å². The molecule has 1 aromatic carbocycles. The Kier molecular flexibility index (Phi) is 6.33. The molecule has 0 saturated carbocycles. The first-order valence-corrected chi connectivity index (χ1v) is 9.85. The summed E-state index contributed by atoms with van der Waals surface area (Å²) in [6.45, 7) is 3.23. The van der Waals surface area contributed by atoms with E-state index in [9.17, 15) is 14.0 Å². The van der Waals surface area contributed by atoms with E-state index in [1.807, 2.05) is 0 Å². The zero-order chi connectivity index (χ0) is 19.2. The third kappa shape index (κ3) is 4.79. The molecule has 1 saturated heterocycles. The largest absolute Gasteiger partial charge is 0.338 e. The lowest BCUT2D eigenvalue weighted by molar-refractivity contribution is -0.119. The summed E-state index contributed by atoms with van der Waals surface area (Å²) in [6, 6.07) is 5.21. The Morgan fingerprint density at radius 1 is 1.30 bits per heavy atom. The molecule has 3 rings (SSSR count). The van der Waals surface area contributed by atoms with Gasteiger partial charge in [0.1, 0.15) is 16.9 Å². The van der Waals surface area contributed by atoms with Crippen molar-refractivity contribution >= 4 is 28.4 Å². The molecule has 27 heavy (non-hydrogen) atoms. The summed E-state index contributed by atoms with van der Waals surface area (Å²) in [7, 11) is 0. The van der Waals surface area contributed by atoms with Gasteiger partial charge < -0.3 is 10.2 Å². The molecule has 144 valence electrons. The number of anilines is 1. The van der Waals surface area contributed by atoms with Crippen molar-refractivity contribution in [3.8, 4) is 10.6 Å². The molecule has 2 heterocycles. The van der Waals surface area contributed by atoms with Crippen LogP contribution in [0.5, 0.6) is 0 Å². The maximum atomic E-state index is 13.0. The number of rotatable bonds is 6. The predicted molar refractivity (Wildman–Crippen MR) is 102 cm³/mol. The Hall–Kier alpha value is -2.55.